The predicted octanol–water partition coefficient (Wildman–Crippen LogP) is 3.29. The van der Waals surface area contributed by atoms with E-state index in [1.165, 1.54) is 16.8 Å². The van der Waals surface area contributed by atoms with Crippen molar-refractivity contribution in [2.45, 2.75) is 44.7 Å². The van der Waals surface area contributed by atoms with Gasteiger partial charge in [-0.3, -0.25) is 4.79 Å². The Balaban J connectivity index is 1.53. The lowest BCUT2D eigenvalue weighted by molar-refractivity contribution is -0.137. The minimum Gasteiger partial charge on any atom is -0.477 e. The number of likely N-dealkylation sites (tertiary alicyclic amines) is 1. The molecule has 10 heteroatoms. The average molecular weight is 488 g/mol. The lowest BCUT2D eigenvalue weighted by atomic mass is 9.92. The number of anilines is 1. The standard InChI is InChI=1S/C25H27F2N3O5/c1-2-35-20(31)7-9-28-8-3-4-14-11-29(13-19(14)28)23-18(26)10-16-22(21(23)27)30(15-5-6-15)12-17(24(16)32)25(33)34/h7,9-10,12,14-15,19H,2-6,8,11,13H2,1H3,(H,33,34)/t14-,19+/m0/s1. The second-order valence-corrected chi connectivity index (χ2v) is 9.41. The second-order valence-electron chi connectivity index (χ2n) is 9.41. The van der Waals surface area contributed by atoms with E-state index in [2.05, 4.69) is 0 Å². The topological polar surface area (TPSA) is 92.1 Å². The summed E-state index contributed by atoms with van der Waals surface area (Å²) in [5, 5.41) is 9.16. The highest BCUT2D eigenvalue weighted by Crippen LogP contribution is 2.41. The van der Waals surface area contributed by atoms with Crippen LogP contribution in [0.1, 0.15) is 49.0 Å². The number of carbonyl (C=O) groups excluding carboxylic acids is 1. The molecule has 2 atom stereocenters. The van der Waals surface area contributed by atoms with Crippen molar-refractivity contribution < 1.29 is 28.2 Å². The highest BCUT2D eigenvalue weighted by Gasteiger charge is 2.40. The van der Waals surface area contributed by atoms with Gasteiger partial charge in [0.1, 0.15) is 17.1 Å². The zero-order valence-electron chi connectivity index (χ0n) is 19.4. The SMILES string of the molecule is CCOC(=O)C=CN1CCC[C@H]2CN(c3c(F)cc4c(=O)c(C(=O)O)cn(C5CC5)c4c3F)C[C@H]21. The molecule has 0 amide bonds. The van der Waals surface area contributed by atoms with Crippen LogP contribution in [0.15, 0.2) is 29.3 Å². The number of fused-ring (bicyclic) bond motifs is 2. The third kappa shape index (κ3) is 4.15. The van der Waals surface area contributed by atoms with Crippen molar-refractivity contribution in [3.8, 4) is 0 Å². The van der Waals surface area contributed by atoms with Crippen molar-refractivity contribution >= 4 is 28.5 Å². The minimum atomic E-state index is -1.42. The van der Waals surface area contributed by atoms with Crippen LogP contribution >= 0.6 is 0 Å². The number of piperidine rings is 1. The number of halogens is 2. The largest absolute Gasteiger partial charge is 0.477 e. The van der Waals surface area contributed by atoms with Crippen LogP contribution in [0, 0.1) is 17.6 Å². The van der Waals surface area contributed by atoms with Crippen LogP contribution in [-0.4, -0.2) is 58.8 Å². The van der Waals surface area contributed by atoms with Gasteiger partial charge in [-0.2, -0.15) is 0 Å². The molecule has 2 aromatic rings. The molecule has 1 saturated carbocycles. The zero-order valence-corrected chi connectivity index (χ0v) is 19.4. The molecule has 1 aliphatic carbocycles. The van der Waals surface area contributed by atoms with Gasteiger partial charge < -0.3 is 24.2 Å². The van der Waals surface area contributed by atoms with Crippen LogP contribution in [0.3, 0.4) is 0 Å². The van der Waals surface area contributed by atoms with Crippen molar-refractivity contribution in [2.24, 2.45) is 5.92 Å². The number of carboxylic acid groups (broad SMARTS) is 1. The molecule has 0 unspecified atom stereocenters. The Hall–Kier alpha value is -3.43. The van der Waals surface area contributed by atoms with Gasteiger partial charge in [0.25, 0.3) is 0 Å². The first-order chi connectivity index (χ1) is 16.8. The first kappa shape index (κ1) is 23.3. The summed E-state index contributed by atoms with van der Waals surface area (Å²) >= 11 is 0. The molecule has 1 N–H and O–H groups in total. The third-order valence-corrected chi connectivity index (χ3v) is 7.18. The first-order valence-electron chi connectivity index (χ1n) is 12.0. The number of carboxylic acids is 1. The molecule has 5 rings (SSSR count). The number of aromatic carboxylic acids is 1. The Labute approximate surface area is 200 Å². The Bertz CT molecular complexity index is 1290. The molecule has 186 valence electrons. The van der Waals surface area contributed by atoms with Crippen molar-refractivity contribution in [1.29, 1.82) is 0 Å². The highest BCUT2D eigenvalue weighted by molar-refractivity contribution is 5.94. The third-order valence-electron chi connectivity index (χ3n) is 7.18. The van der Waals surface area contributed by atoms with E-state index in [-0.39, 0.29) is 41.2 Å². The second kappa shape index (κ2) is 8.98. The van der Waals surface area contributed by atoms with E-state index >= 15 is 8.78 Å². The summed E-state index contributed by atoms with van der Waals surface area (Å²) in [5.41, 5.74) is -1.63. The molecular weight excluding hydrogens is 460 g/mol. The van der Waals surface area contributed by atoms with Crippen LogP contribution in [0.25, 0.3) is 10.9 Å². The summed E-state index contributed by atoms with van der Waals surface area (Å²) in [6.07, 6.45) is 7.52. The lowest BCUT2D eigenvalue weighted by Crippen LogP contribution is -2.41. The number of carbonyl (C=O) groups is 2. The van der Waals surface area contributed by atoms with Crippen LogP contribution in [0.5, 0.6) is 0 Å². The number of ether oxygens (including phenoxy) is 1. The highest BCUT2D eigenvalue weighted by atomic mass is 19.1. The number of hydrogen-bond acceptors (Lipinski definition) is 6. The van der Waals surface area contributed by atoms with E-state index in [1.807, 2.05) is 4.90 Å². The van der Waals surface area contributed by atoms with Gasteiger partial charge in [-0.1, -0.05) is 0 Å². The van der Waals surface area contributed by atoms with E-state index in [0.717, 1.165) is 38.3 Å². The van der Waals surface area contributed by atoms with Gasteiger partial charge >= 0.3 is 11.9 Å². The quantitative estimate of drug-likeness (QED) is 0.494. The van der Waals surface area contributed by atoms with Gasteiger partial charge in [-0.25, -0.2) is 18.4 Å². The number of pyridine rings is 1. The van der Waals surface area contributed by atoms with Crippen molar-refractivity contribution in [2.75, 3.05) is 31.1 Å². The molecular formula is C25H27F2N3O5. The summed E-state index contributed by atoms with van der Waals surface area (Å²) in [6.45, 7) is 3.54. The van der Waals surface area contributed by atoms with Gasteiger partial charge in [-0.05, 0) is 44.6 Å². The van der Waals surface area contributed by atoms with Crippen molar-refractivity contribution in [3.63, 3.8) is 0 Å². The molecule has 2 aliphatic heterocycles. The van der Waals surface area contributed by atoms with Crippen LogP contribution < -0.4 is 10.3 Å². The summed E-state index contributed by atoms with van der Waals surface area (Å²) < 4.78 is 37.8. The van der Waals surface area contributed by atoms with E-state index in [0.29, 0.717) is 13.1 Å². The maximum Gasteiger partial charge on any atom is 0.341 e. The molecule has 0 spiro atoms. The molecule has 0 radical (unpaired) electrons. The monoisotopic (exact) mass is 487 g/mol. The Kier molecular flexibility index (Phi) is 5.98. The fourth-order valence-electron chi connectivity index (χ4n) is 5.44. The summed E-state index contributed by atoms with van der Waals surface area (Å²) in [5.74, 6) is -3.42. The average Bonchev–Trinajstić information content (AvgIpc) is 3.57. The zero-order chi connectivity index (χ0) is 24.9. The lowest BCUT2D eigenvalue weighted by Gasteiger charge is -2.35. The van der Waals surface area contributed by atoms with Crippen LogP contribution in [0.2, 0.25) is 0 Å². The van der Waals surface area contributed by atoms with Gasteiger partial charge in [0.05, 0.1) is 23.6 Å². The molecule has 0 bridgehead atoms. The minimum absolute atomic E-state index is 0.0241. The summed E-state index contributed by atoms with van der Waals surface area (Å²) in [4.78, 5) is 39.7. The molecule has 8 nitrogen and oxygen atoms in total. The summed E-state index contributed by atoms with van der Waals surface area (Å²) in [7, 11) is 0. The molecule has 2 saturated heterocycles. The van der Waals surface area contributed by atoms with E-state index in [1.54, 1.807) is 18.0 Å². The van der Waals surface area contributed by atoms with Crippen molar-refractivity contribution in [1.82, 2.24) is 9.47 Å². The molecule has 1 aromatic carbocycles. The Morgan fingerprint density at radius 1 is 1.23 bits per heavy atom. The predicted molar refractivity (Wildman–Crippen MR) is 125 cm³/mol. The van der Waals surface area contributed by atoms with Crippen LogP contribution in [-0.2, 0) is 9.53 Å². The molecule has 3 fully saturated rings. The molecule has 35 heavy (non-hydrogen) atoms. The maximum atomic E-state index is 16.0. The number of aromatic nitrogens is 1. The number of rotatable bonds is 6. The van der Waals surface area contributed by atoms with Gasteiger partial charge in [0, 0.05) is 44.1 Å². The molecule has 3 aliphatic rings. The number of esters is 1. The van der Waals surface area contributed by atoms with Crippen molar-refractivity contribution in [3.05, 3.63) is 52.0 Å². The maximum absolute atomic E-state index is 16.0. The van der Waals surface area contributed by atoms with Crippen LogP contribution in [0.4, 0.5) is 14.5 Å². The smallest absolute Gasteiger partial charge is 0.341 e. The Morgan fingerprint density at radius 3 is 2.69 bits per heavy atom. The number of benzene rings is 1. The first-order valence-corrected chi connectivity index (χ1v) is 12.0. The Morgan fingerprint density at radius 2 is 2.00 bits per heavy atom. The fraction of sp³-hybridized carbons (Fsp3) is 0.480. The van der Waals surface area contributed by atoms with E-state index in [4.69, 9.17) is 4.74 Å². The van der Waals surface area contributed by atoms with E-state index in [9.17, 15) is 19.5 Å². The number of hydrogen-bond donors (Lipinski definition) is 1. The molecule has 1 aromatic heterocycles. The summed E-state index contributed by atoms with van der Waals surface area (Å²) in [6, 6.07) is 0.833. The van der Waals surface area contributed by atoms with Gasteiger partial charge in [0.2, 0.25) is 5.43 Å². The fourth-order valence-corrected chi connectivity index (χ4v) is 5.44. The van der Waals surface area contributed by atoms with Gasteiger partial charge in [0.15, 0.2) is 5.82 Å². The van der Waals surface area contributed by atoms with Gasteiger partial charge in [-0.15, -0.1) is 0 Å². The molecule has 3 heterocycles. The number of nitrogens with zero attached hydrogens (tertiary/aromatic N) is 3. The van der Waals surface area contributed by atoms with E-state index < -0.39 is 34.6 Å². The normalized spacial score (nSPS) is 22.1.